The van der Waals surface area contributed by atoms with E-state index in [1.54, 1.807) is 45.0 Å². The third kappa shape index (κ3) is 3.93. The van der Waals surface area contributed by atoms with Crippen LogP contribution < -0.4 is 0 Å². The van der Waals surface area contributed by atoms with Crippen LogP contribution in [0.1, 0.15) is 35.5 Å². The van der Waals surface area contributed by atoms with E-state index in [0.717, 1.165) is 4.47 Å². The Kier molecular flexibility index (Phi) is 5.82. The molecule has 2 aromatic carbocycles. The molecule has 0 unspecified atom stereocenters. The third-order valence-corrected chi connectivity index (χ3v) is 5.22. The Morgan fingerprint density at radius 1 is 1.21 bits per heavy atom. The first kappa shape index (κ1) is 20.4. The van der Waals surface area contributed by atoms with Crippen molar-refractivity contribution in [3.63, 3.8) is 0 Å². The van der Waals surface area contributed by atoms with Gasteiger partial charge in [-0.1, -0.05) is 27.5 Å². The summed E-state index contributed by atoms with van der Waals surface area (Å²) in [6, 6.07) is 10.0. The van der Waals surface area contributed by atoms with E-state index in [1.807, 2.05) is 0 Å². The first-order valence-corrected chi connectivity index (χ1v) is 9.88. The van der Waals surface area contributed by atoms with Gasteiger partial charge in [-0.3, -0.25) is 14.2 Å². The topological polar surface area (TPSA) is 68.5 Å². The highest BCUT2D eigenvalue weighted by atomic mass is 79.9. The Balaban J connectivity index is 2.18. The van der Waals surface area contributed by atoms with Crippen LogP contribution >= 0.6 is 27.5 Å². The van der Waals surface area contributed by atoms with Gasteiger partial charge in [0.05, 0.1) is 23.1 Å². The minimum atomic E-state index is -0.400. The number of fused-ring (bicyclic) bond motifs is 1. The van der Waals surface area contributed by atoms with E-state index in [1.165, 1.54) is 16.7 Å². The van der Waals surface area contributed by atoms with Crippen molar-refractivity contribution in [1.29, 1.82) is 0 Å². The predicted molar refractivity (Wildman–Crippen MR) is 112 cm³/mol. The van der Waals surface area contributed by atoms with Gasteiger partial charge < -0.3 is 9.84 Å². The second-order valence-corrected chi connectivity index (χ2v) is 8.07. The monoisotopic (exact) mass is 463 g/mol. The molecule has 0 bridgehead atoms. The van der Waals surface area contributed by atoms with E-state index in [4.69, 9.17) is 16.3 Å². The molecule has 0 aliphatic heterocycles. The maximum atomic E-state index is 13.2. The molecule has 0 atom stereocenters. The van der Waals surface area contributed by atoms with Gasteiger partial charge in [0.2, 0.25) is 0 Å². The summed E-state index contributed by atoms with van der Waals surface area (Å²) in [7, 11) is 0. The van der Waals surface area contributed by atoms with Gasteiger partial charge in [-0.2, -0.15) is 0 Å². The molecule has 0 fully saturated rings. The summed E-state index contributed by atoms with van der Waals surface area (Å²) in [4.78, 5) is 25.4. The second kappa shape index (κ2) is 7.97. The zero-order valence-corrected chi connectivity index (χ0v) is 18.0. The molecule has 0 aliphatic carbocycles. The molecule has 3 rings (SSSR count). The number of ether oxygens (including phenoxy) is 1. The van der Waals surface area contributed by atoms with Crippen LogP contribution in [0.4, 0.5) is 0 Å². The minimum Gasteiger partial charge on any atom is -0.506 e. The van der Waals surface area contributed by atoms with E-state index in [0.29, 0.717) is 27.7 Å². The summed E-state index contributed by atoms with van der Waals surface area (Å²) in [5, 5.41) is 10.8. The molecule has 146 valence electrons. The Morgan fingerprint density at radius 3 is 2.46 bits per heavy atom. The van der Waals surface area contributed by atoms with Crippen molar-refractivity contribution in [2.45, 2.75) is 33.3 Å². The maximum Gasteiger partial charge on any atom is 0.310 e. The molecule has 0 saturated heterocycles. The SMILES string of the molecule is Cc1c(CC(=O)OC(C)C)c2cc(O)c(Cl)cc2n1C(=O)c1ccc(Br)cc1. The van der Waals surface area contributed by atoms with Crippen LogP contribution in [-0.2, 0) is 16.0 Å². The van der Waals surface area contributed by atoms with Gasteiger partial charge in [-0.15, -0.1) is 0 Å². The highest BCUT2D eigenvalue weighted by Crippen LogP contribution is 2.35. The second-order valence-electron chi connectivity index (χ2n) is 6.75. The van der Waals surface area contributed by atoms with Crippen molar-refractivity contribution in [2.24, 2.45) is 0 Å². The van der Waals surface area contributed by atoms with E-state index < -0.39 is 5.97 Å². The zero-order chi connectivity index (χ0) is 20.6. The van der Waals surface area contributed by atoms with E-state index in [-0.39, 0.29) is 29.2 Å². The van der Waals surface area contributed by atoms with Gasteiger partial charge in [0.15, 0.2) is 0 Å². The molecular formula is C21H19BrClNO4. The number of carbonyl (C=O) groups excluding carboxylic acids is 2. The van der Waals surface area contributed by atoms with Gasteiger partial charge in [0.25, 0.3) is 5.91 Å². The fourth-order valence-electron chi connectivity index (χ4n) is 3.14. The summed E-state index contributed by atoms with van der Waals surface area (Å²) >= 11 is 9.45. The number of nitrogens with zero attached hydrogens (tertiary/aromatic N) is 1. The Hall–Kier alpha value is -2.31. The lowest BCUT2D eigenvalue weighted by atomic mass is 10.1. The van der Waals surface area contributed by atoms with Crippen molar-refractivity contribution < 1.29 is 19.4 Å². The first-order valence-electron chi connectivity index (χ1n) is 8.71. The standard InChI is InChI=1S/C21H19BrClNO4/c1-11(2)28-20(26)9-15-12(3)24(18-10-17(23)19(25)8-16(15)18)21(27)13-4-6-14(22)7-5-13/h4-8,10-11,25H,9H2,1-3H3. The van der Waals surface area contributed by atoms with Crippen LogP contribution in [0.15, 0.2) is 40.9 Å². The lowest BCUT2D eigenvalue weighted by molar-refractivity contribution is -0.146. The van der Waals surface area contributed by atoms with Crippen molar-refractivity contribution in [3.05, 3.63) is 62.7 Å². The predicted octanol–water partition coefficient (Wildman–Crippen LogP) is 5.25. The number of halogens is 2. The highest BCUT2D eigenvalue weighted by molar-refractivity contribution is 9.10. The van der Waals surface area contributed by atoms with Crippen molar-refractivity contribution in [3.8, 4) is 5.75 Å². The lowest BCUT2D eigenvalue weighted by Crippen LogP contribution is -2.16. The normalized spacial score (nSPS) is 11.2. The first-order chi connectivity index (χ1) is 13.2. The van der Waals surface area contributed by atoms with Crippen molar-refractivity contribution >= 4 is 50.3 Å². The number of rotatable bonds is 4. The Labute approximate surface area is 176 Å². The number of aromatic hydroxyl groups is 1. The van der Waals surface area contributed by atoms with Crippen LogP contribution in [-0.4, -0.2) is 27.7 Å². The Morgan fingerprint density at radius 2 is 1.86 bits per heavy atom. The molecule has 0 radical (unpaired) electrons. The molecule has 7 heteroatoms. The van der Waals surface area contributed by atoms with Gasteiger partial charge in [-0.25, -0.2) is 0 Å². The number of aromatic nitrogens is 1. The van der Waals surface area contributed by atoms with E-state index >= 15 is 0 Å². The van der Waals surface area contributed by atoms with Crippen molar-refractivity contribution in [2.75, 3.05) is 0 Å². The summed E-state index contributed by atoms with van der Waals surface area (Å²) in [6.07, 6.45) is -0.254. The number of hydrogen-bond acceptors (Lipinski definition) is 4. The van der Waals surface area contributed by atoms with E-state index in [2.05, 4.69) is 15.9 Å². The number of phenolic OH excluding ortho intramolecular Hbond substituents is 1. The molecule has 1 N–H and O–H groups in total. The number of esters is 1. The number of benzene rings is 2. The number of carbonyl (C=O) groups is 2. The summed E-state index contributed by atoms with van der Waals surface area (Å²) < 4.78 is 7.63. The van der Waals surface area contributed by atoms with Crippen molar-refractivity contribution in [1.82, 2.24) is 4.57 Å². The van der Waals surface area contributed by atoms with Gasteiger partial charge >= 0.3 is 5.97 Å². The fourth-order valence-corrected chi connectivity index (χ4v) is 3.57. The van der Waals surface area contributed by atoms with Gasteiger partial charge in [-0.05, 0) is 62.7 Å². The largest absolute Gasteiger partial charge is 0.506 e. The molecule has 3 aromatic rings. The third-order valence-electron chi connectivity index (χ3n) is 4.39. The van der Waals surface area contributed by atoms with Gasteiger partial charge in [0.1, 0.15) is 5.75 Å². The summed E-state index contributed by atoms with van der Waals surface area (Å²) in [5.74, 6) is -0.760. The van der Waals surface area contributed by atoms with Crippen LogP contribution in [0.5, 0.6) is 5.75 Å². The maximum absolute atomic E-state index is 13.2. The average molecular weight is 465 g/mol. The molecule has 0 spiro atoms. The molecule has 1 aromatic heterocycles. The minimum absolute atomic E-state index is 0.0117. The zero-order valence-electron chi connectivity index (χ0n) is 15.6. The molecule has 5 nitrogen and oxygen atoms in total. The van der Waals surface area contributed by atoms with Crippen LogP contribution in [0, 0.1) is 6.92 Å². The van der Waals surface area contributed by atoms with Crippen LogP contribution in [0.3, 0.4) is 0 Å². The number of phenols is 1. The molecule has 1 heterocycles. The van der Waals surface area contributed by atoms with Gasteiger partial charge in [0, 0.05) is 21.1 Å². The molecule has 0 aliphatic rings. The van der Waals surface area contributed by atoms with Crippen LogP contribution in [0.2, 0.25) is 5.02 Å². The fraction of sp³-hybridized carbons (Fsp3) is 0.238. The van der Waals surface area contributed by atoms with Crippen LogP contribution in [0.25, 0.3) is 10.9 Å². The molecular weight excluding hydrogens is 446 g/mol. The molecule has 0 amide bonds. The average Bonchev–Trinajstić information content (AvgIpc) is 2.86. The molecule has 0 saturated carbocycles. The smallest absolute Gasteiger partial charge is 0.310 e. The summed E-state index contributed by atoms with van der Waals surface area (Å²) in [6.45, 7) is 5.31. The Bertz CT molecular complexity index is 1070. The quantitative estimate of drug-likeness (QED) is 0.535. The molecule has 28 heavy (non-hydrogen) atoms. The summed E-state index contributed by atoms with van der Waals surface area (Å²) in [5.41, 5.74) is 2.24. The highest BCUT2D eigenvalue weighted by Gasteiger charge is 2.23. The lowest BCUT2D eigenvalue weighted by Gasteiger charge is -2.09. The van der Waals surface area contributed by atoms with E-state index in [9.17, 15) is 14.7 Å². The number of hydrogen-bond donors (Lipinski definition) is 1.